The van der Waals surface area contributed by atoms with Crippen molar-refractivity contribution in [2.45, 2.75) is 13.0 Å². The van der Waals surface area contributed by atoms with E-state index in [0.29, 0.717) is 10.8 Å². The molecule has 3 aromatic rings. The zero-order valence-electron chi connectivity index (χ0n) is 14.6. The molecule has 0 fully saturated rings. The highest BCUT2D eigenvalue weighted by Crippen LogP contribution is 2.22. The average Bonchev–Trinajstić information content (AvgIpc) is 3.05. The first-order valence-corrected chi connectivity index (χ1v) is 8.63. The molecule has 0 unspecified atom stereocenters. The maximum absolute atomic E-state index is 12.5. The van der Waals surface area contributed by atoms with Gasteiger partial charge in [-0.25, -0.2) is 4.98 Å². The highest BCUT2D eigenvalue weighted by Gasteiger charge is 2.21. The summed E-state index contributed by atoms with van der Waals surface area (Å²) in [5.74, 6) is 1.20. The Labute approximate surface area is 157 Å². The number of imidazole rings is 1. The van der Waals surface area contributed by atoms with E-state index in [9.17, 15) is 4.79 Å². The number of nitrogens with zero attached hydrogens (tertiary/aromatic N) is 2. The third-order valence-corrected chi connectivity index (χ3v) is 4.33. The van der Waals surface area contributed by atoms with Crippen LogP contribution in [0.1, 0.15) is 23.0 Å². The van der Waals surface area contributed by atoms with Crippen LogP contribution >= 0.6 is 11.6 Å². The molecule has 5 nitrogen and oxygen atoms in total. The van der Waals surface area contributed by atoms with Crippen molar-refractivity contribution in [2.24, 2.45) is 7.05 Å². The van der Waals surface area contributed by atoms with Crippen molar-refractivity contribution in [2.75, 3.05) is 6.61 Å². The molecule has 0 saturated carbocycles. The number of aromatic nitrogens is 2. The first-order valence-electron chi connectivity index (χ1n) is 8.25. The van der Waals surface area contributed by atoms with E-state index in [2.05, 4.69) is 10.3 Å². The van der Waals surface area contributed by atoms with Gasteiger partial charge < -0.3 is 14.6 Å². The molecule has 0 radical (unpaired) electrons. The molecular formula is C20H20ClN3O2. The van der Waals surface area contributed by atoms with Crippen LogP contribution in [0, 0.1) is 6.92 Å². The summed E-state index contributed by atoms with van der Waals surface area (Å²) in [6.07, 6.45) is 3.54. The first kappa shape index (κ1) is 18.0. The number of rotatable bonds is 6. The number of hydrogen-bond acceptors (Lipinski definition) is 3. The third-order valence-electron chi connectivity index (χ3n) is 4.08. The number of halogens is 1. The van der Waals surface area contributed by atoms with Gasteiger partial charge in [-0.15, -0.1) is 0 Å². The average molecular weight is 370 g/mol. The molecule has 3 rings (SSSR count). The fourth-order valence-corrected chi connectivity index (χ4v) is 2.80. The second-order valence-electron chi connectivity index (χ2n) is 6.00. The molecule has 0 saturated heterocycles. The maximum Gasteiger partial charge on any atom is 0.258 e. The van der Waals surface area contributed by atoms with E-state index in [4.69, 9.17) is 16.3 Å². The number of aryl methyl sites for hydroxylation is 2. The van der Waals surface area contributed by atoms with E-state index in [1.165, 1.54) is 0 Å². The lowest BCUT2D eigenvalue weighted by Crippen LogP contribution is -2.34. The van der Waals surface area contributed by atoms with Crippen LogP contribution in [0.15, 0.2) is 60.9 Å². The fraction of sp³-hybridized carbons (Fsp3) is 0.200. The van der Waals surface area contributed by atoms with Gasteiger partial charge in [-0.1, -0.05) is 41.9 Å². The summed E-state index contributed by atoms with van der Waals surface area (Å²) in [7, 11) is 1.89. The predicted octanol–water partition coefficient (Wildman–Crippen LogP) is 3.67. The standard InChI is InChI=1S/C20H20ClN3O2/c1-14-5-3-4-6-17(14)26-13-18(25)23-19(20-22-11-12-24(20)2)15-7-9-16(21)10-8-15/h3-12,19H,13H2,1-2H3,(H,23,25)/t19-/m0/s1. The van der Waals surface area contributed by atoms with Gasteiger partial charge in [0, 0.05) is 24.5 Å². The Morgan fingerprint density at radius 2 is 1.96 bits per heavy atom. The number of ether oxygens (including phenoxy) is 1. The lowest BCUT2D eigenvalue weighted by atomic mass is 10.1. The Bertz CT molecular complexity index is 890. The number of para-hydroxylation sites is 1. The number of benzene rings is 2. The second-order valence-corrected chi connectivity index (χ2v) is 6.44. The molecule has 6 heteroatoms. The van der Waals surface area contributed by atoms with Crippen molar-refractivity contribution in [3.63, 3.8) is 0 Å². The topological polar surface area (TPSA) is 56.1 Å². The van der Waals surface area contributed by atoms with Crippen LogP contribution < -0.4 is 10.1 Å². The minimum Gasteiger partial charge on any atom is -0.484 e. The third kappa shape index (κ3) is 4.24. The summed E-state index contributed by atoms with van der Waals surface area (Å²) in [5, 5.41) is 3.64. The lowest BCUT2D eigenvalue weighted by Gasteiger charge is -2.19. The molecule has 0 spiro atoms. The van der Waals surface area contributed by atoms with Crippen molar-refractivity contribution >= 4 is 17.5 Å². The Kier molecular flexibility index (Phi) is 5.58. The van der Waals surface area contributed by atoms with E-state index < -0.39 is 0 Å². The Hall–Kier alpha value is -2.79. The Morgan fingerprint density at radius 3 is 2.62 bits per heavy atom. The molecule has 1 atom stereocenters. The summed E-state index contributed by atoms with van der Waals surface area (Å²) in [4.78, 5) is 16.9. The zero-order valence-corrected chi connectivity index (χ0v) is 15.4. The molecule has 0 aliphatic heterocycles. The monoisotopic (exact) mass is 369 g/mol. The van der Waals surface area contributed by atoms with Gasteiger partial charge in [-0.2, -0.15) is 0 Å². The van der Waals surface area contributed by atoms with Crippen molar-refractivity contribution in [1.82, 2.24) is 14.9 Å². The minimum absolute atomic E-state index is 0.0701. The van der Waals surface area contributed by atoms with Crippen molar-refractivity contribution in [1.29, 1.82) is 0 Å². The highest BCUT2D eigenvalue weighted by atomic mass is 35.5. The molecule has 0 aliphatic carbocycles. The van der Waals surface area contributed by atoms with Gasteiger partial charge in [-0.05, 0) is 36.2 Å². The maximum atomic E-state index is 12.5. The summed E-state index contributed by atoms with van der Waals surface area (Å²) >= 11 is 5.98. The van der Waals surface area contributed by atoms with Gasteiger partial charge in [0.2, 0.25) is 0 Å². The first-order chi connectivity index (χ1) is 12.5. The van der Waals surface area contributed by atoms with Crippen molar-refractivity contribution < 1.29 is 9.53 Å². The lowest BCUT2D eigenvalue weighted by molar-refractivity contribution is -0.123. The van der Waals surface area contributed by atoms with E-state index in [-0.39, 0.29) is 18.6 Å². The quantitative estimate of drug-likeness (QED) is 0.721. The second kappa shape index (κ2) is 8.06. The van der Waals surface area contributed by atoms with Crippen LogP contribution in [0.25, 0.3) is 0 Å². The van der Waals surface area contributed by atoms with Gasteiger partial charge in [0.25, 0.3) is 5.91 Å². The van der Waals surface area contributed by atoms with Gasteiger partial charge >= 0.3 is 0 Å². The molecule has 1 amide bonds. The molecule has 0 aliphatic rings. The Morgan fingerprint density at radius 1 is 1.23 bits per heavy atom. The van der Waals surface area contributed by atoms with Crippen LogP contribution in [-0.4, -0.2) is 22.1 Å². The van der Waals surface area contributed by atoms with Crippen LogP contribution in [0.2, 0.25) is 5.02 Å². The zero-order chi connectivity index (χ0) is 18.5. The van der Waals surface area contributed by atoms with Gasteiger partial charge in [0.15, 0.2) is 6.61 Å². The predicted molar refractivity (Wildman–Crippen MR) is 101 cm³/mol. The molecule has 26 heavy (non-hydrogen) atoms. The number of carbonyl (C=O) groups excluding carboxylic acids is 1. The van der Waals surface area contributed by atoms with Crippen molar-refractivity contribution in [3.05, 3.63) is 82.9 Å². The summed E-state index contributed by atoms with van der Waals surface area (Å²) in [6, 6.07) is 14.6. The number of hydrogen-bond donors (Lipinski definition) is 1. The number of amides is 1. The fourth-order valence-electron chi connectivity index (χ4n) is 2.67. The van der Waals surface area contributed by atoms with E-state index in [0.717, 1.165) is 17.0 Å². The SMILES string of the molecule is Cc1ccccc1OCC(=O)N[C@@H](c1ccc(Cl)cc1)c1nccn1C. The largest absolute Gasteiger partial charge is 0.484 e. The molecule has 0 bridgehead atoms. The van der Waals surface area contributed by atoms with Gasteiger partial charge in [0.1, 0.15) is 17.6 Å². The highest BCUT2D eigenvalue weighted by molar-refractivity contribution is 6.30. The minimum atomic E-state index is -0.389. The van der Waals surface area contributed by atoms with E-state index in [1.54, 1.807) is 18.3 Å². The van der Waals surface area contributed by atoms with Gasteiger partial charge in [-0.3, -0.25) is 4.79 Å². The molecule has 134 valence electrons. The van der Waals surface area contributed by atoms with Crippen LogP contribution in [0.3, 0.4) is 0 Å². The van der Waals surface area contributed by atoms with Crippen LogP contribution in [0.5, 0.6) is 5.75 Å². The normalized spacial score (nSPS) is 11.8. The summed E-state index contributed by atoms with van der Waals surface area (Å²) < 4.78 is 7.52. The van der Waals surface area contributed by atoms with Gasteiger partial charge in [0.05, 0.1) is 0 Å². The van der Waals surface area contributed by atoms with Crippen LogP contribution in [-0.2, 0) is 11.8 Å². The molecule has 2 aromatic carbocycles. The Balaban J connectivity index is 1.75. The molecular weight excluding hydrogens is 350 g/mol. The van der Waals surface area contributed by atoms with Crippen LogP contribution in [0.4, 0.5) is 0 Å². The smallest absolute Gasteiger partial charge is 0.258 e. The van der Waals surface area contributed by atoms with E-state index >= 15 is 0 Å². The molecule has 1 aromatic heterocycles. The molecule has 1 N–H and O–H groups in total. The summed E-state index contributed by atoms with van der Waals surface area (Å²) in [6.45, 7) is 1.87. The number of carbonyl (C=O) groups is 1. The number of nitrogens with one attached hydrogen (secondary N) is 1. The summed E-state index contributed by atoms with van der Waals surface area (Å²) in [5.41, 5.74) is 1.88. The van der Waals surface area contributed by atoms with Crippen molar-refractivity contribution in [3.8, 4) is 5.75 Å². The van der Waals surface area contributed by atoms with E-state index in [1.807, 2.05) is 61.1 Å². The molecule has 1 heterocycles.